The standard InChI is InChI=1S/C14H21NO6.C10H13NO6.2C10H20O5.C7H14O2.C5H4O2.C4H10O3.2H3P/c1-14(2,3)21-13(18)10-20-9-8-19-7-6-15-11(16)4-5-12(15)17;12-8-1-2-9(13)11(8)3-4-16-5-6-17-7-10(14)15;2*1-10(2,3)15-9(12)8-14-7-6-13-5-4-11;1-5-6(8)9-7(2,3)4;6-4-1-2-5(7)3-4;5-1-3-7-4-2-6;;/h4-5H,6-10H2,1-3H3;1-2H,3-7H2,(H,14,15);2*11H,4-8H2,1-3H3;5H2,1-4H3;1-2H,3H2;5-6H,1-4H2;2*1H3/i;;;;;;;2*1T. The van der Waals surface area contributed by atoms with Crippen molar-refractivity contribution in [2.75, 3.05) is 158 Å². The summed E-state index contributed by atoms with van der Waals surface area (Å²) in [4.78, 5) is 121. The molecule has 1 aliphatic carbocycles. The number of aliphatic hydroxyl groups excluding tert-OH is 4. The van der Waals surface area contributed by atoms with Crippen molar-refractivity contribution in [2.45, 2.75) is 125 Å². The maximum atomic E-state index is 11.3. The molecule has 2 unspecified atom stereocenters. The number of esters is 4. The normalized spacial score (nSPS) is 13.1. The molecule has 0 aromatic heterocycles. The van der Waals surface area contributed by atoms with Gasteiger partial charge in [-0.05, 0) is 95.2 Å². The summed E-state index contributed by atoms with van der Waals surface area (Å²) < 4.78 is 76.0. The Hall–Kier alpha value is -5.47. The van der Waals surface area contributed by atoms with Gasteiger partial charge in [-0.3, -0.25) is 43.4 Å². The summed E-state index contributed by atoms with van der Waals surface area (Å²) in [5.41, 5.74) is -1.81. The predicted octanol–water partition coefficient (Wildman–Crippen LogP) is 0.949. The minimum absolute atomic E-state index is 0.00787. The second kappa shape index (κ2) is 60.2. The van der Waals surface area contributed by atoms with Gasteiger partial charge in [0.15, 0.2) is 11.6 Å². The molecule has 2 atom stereocenters. The Balaban J connectivity index is -0.000000248. The van der Waals surface area contributed by atoms with Crippen LogP contribution in [0.2, 0.25) is 0 Å². The predicted molar refractivity (Wildman–Crippen MR) is 345 cm³/mol. The number of carboxylic acids is 1. The van der Waals surface area contributed by atoms with Crippen LogP contribution in [0, 0.1) is 0 Å². The third-order valence-electron chi connectivity index (χ3n) is 8.81. The number of hydrogen-bond donors (Lipinski definition) is 5. The number of ether oxygens (including phenoxy) is 13. The quantitative estimate of drug-likeness (QED) is 0.0147. The Morgan fingerprint density at radius 2 is 0.602 bits per heavy atom. The first kappa shape index (κ1) is 93.9. The molecule has 3 rings (SSSR count). The molecule has 31 nitrogen and oxygen atoms in total. The van der Waals surface area contributed by atoms with Crippen molar-refractivity contribution in [3.05, 3.63) is 36.5 Å². The molecule has 2 heterocycles. The average Bonchev–Trinajstić information content (AvgIpc) is 1.78. The lowest BCUT2D eigenvalue weighted by atomic mass is 10.2. The van der Waals surface area contributed by atoms with Crippen LogP contribution in [-0.4, -0.2) is 284 Å². The van der Waals surface area contributed by atoms with E-state index in [9.17, 15) is 52.7 Å². The third-order valence-corrected chi connectivity index (χ3v) is 8.81. The lowest BCUT2D eigenvalue weighted by Crippen LogP contribution is -2.33. The highest BCUT2D eigenvalue weighted by atomic mass is 31.0. The van der Waals surface area contributed by atoms with Crippen LogP contribution in [0.5, 0.6) is 0 Å². The lowest BCUT2D eigenvalue weighted by molar-refractivity contribution is -0.161. The number of carbonyl (C=O) groups is 11. The van der Waals surface area contributed by atoms with Crippen molar-refractivity contribution >= 4 is 84.7 Å². The molecule has 3 aliphatic rings. The van der Waals surface area contributed by atoms with Gasteiger partial charge in [0.05, 0.1) is 141 Å². The van der Waals surface area contributed by atoms with Crippen LogP contribution in [0.1, 0.15) is 103 Å². The van der Waals surface area contributed by atoms with Gasteiger partial charge >= 0.3 is 29.8 Å². The number of allylic oxidation sites excluding steroid dienone is 2. The number of rotatable bonds is 35. The van der Waals surface area contributed by atoms with Gasteiger partial charge in [-0.25, -0.2) is 19.2 Å². The van der Waals surface area contributed by atoms with Gasteiger partial charge < -0.3 is 87.1 Å². The first-order chi connectivity index (χ1) is 44.5. The second-order valence-electron chi connectivity index (χ2n) is 22.0. The smallest absolute Gasteiger partial charge is 0.332 e. The van der Waals surface area contributed by atoms with Crippen molar-refractivity contribution in [3.63, 3.8) is 0 Å². The van der Waals surface area contributed by atoms with Gasteiger partial charge in [0.1, 0.15) is 48.8 Å². The number of aliphatic hydroxyl groups is 4. The van der Waals surface area contributed by atoms with Crippen molar-refractivity contribution in [3.8, 4) is 0 Å². The average molecular weight is 1390 g/mol. The number of carboxylic acid groups (broad SMARTS) is 1. The highest BCUT2D eigenvalue weighted by Crippen LogP contribution is 2.10. The van der Waals surface area contributed by atoms with Gasteiger partial charge in [-0.15, -0.1) is 0 Å². The van der Waals surface area contributed by atoms with E-state index in [1.54, 1.807) is 88.9 Å². The van der Waals surface area contributed by atoms with Gasteiger partial charge in [0.2, 0.25) is 0 Å². The summed E-state index contributed by atoms with van der Waals surface area (Å²) in [6, 6.07) is 0. The Morgan fingerprint density at radius 3 is 0.806 bits per heavy atom. The second-order valence-corrected chi connectivity index (χ2v) is 22.0. The maximum absolute atomic E-state index is 11.3. The van der Waals surface area contributed by atoms with Crippen molar-refractivity contribution in [2.24, 2.45) is 0 Å². The lowest BCUT2D eigenvalue weighted by Gasteiger charge is -2.19. The Bertz CT molecular complexity index is 2100. The van der Waals surface area contributed by atoms with E-state index in [1.807, 2.05) is 20.8 Å². The first-order valence-electron chi connectivity index (χ1n) is 30.2. The topological polar surface area (TPSA) is 415 Å². The number of carbonyl (C=O) groups excluding carboxylic acids is 10. The zero-order chi connectivity index (χ0) is 74.3. The van der Waals surface area contributed by atoms with Crippen LogP contribution < -0.4 is 0 Å². The van der Waals surface area contributed by atoms with Gasteiger partial charge in [-0.1, -0.05) is 6.92 Å². The molecule has 0 aromatic carbocycles. The minimum atomic E-state index is -1.04. The minimum Gasteiger partial charge on any atom is -0.480 e. The van der Waals surface area contributed by atoms with E-state index in [2.05, 4.69) is 4.74 Å². The van der Waals surface area contributed by atoms with Crippen LogP contribution in [0.15, 0.2) is 36.5 Å². The van der Waals surface area contributed by atoms with E-state index >= 15 is 0 Å². The molecule has 5 N–H and O–H groups in total. The molecule has 93 heavy (non-hydrogen) atoms. The number of ketones is 2. The van der Waals surface area contributed by atoms with E-state index in [0.29, 0.717) is 46.1 Å². The van der Waals surface area contributed by atoms with E-state index in [1.165, 1.54) is 36.5 Å². The fourth-order valence-electron chi connectivity index (χ4n) is 5.48. The number of amides is 4. The zero-order valence-corrected chi connectivity index (χ0v) is 58.7. The number of hydrogen-bond acceptors (Lipinski definition) is 28. The molecule has 542 valence electrons. The molecule has 0 radical (unpaired) electrons. The number of nitrogens with zero attached hydrogens (tertiary/aromatic N) is 2. The Labute approximate surface area is 555 Å². The number of imide groups is 2. The van der Waals surface area contributed by atoms with Gasteiger partial charge in [0.25, 0.3) is 23.6 Å². The Morgan fingerprint density at radius 1 is 0.376 bits per heavy atom. The van der Waals surface area contributed by atoms with Crippen LogP contribution in [0.4, 0.5) is 0 Å². The zero-order valence-electron chi connectivity index (χ0n) is 58.4. The summed E-state index contributed by atoms with van der Waals surface area (Å²) in [6.07, 6.45) is 8.02. The molecule has 33 heteroatoms. The molecule has 0 saturated heterocycles. The molecule has 0 saturated carbocycles. The molecule has 0 fully saturated rings. The molecular formula is C60H108N2O29P2. The molecular weight excluding hydrogens is 1270 g/mol. The van der Waals surface area contributed by atoms with Crippen LogP contribution in [0.3, 0.4) is 0 Å². The summed E-state index contributed by atoms with van der Waals surface area (Å²) in [5, 5.41) is 41.2. The van der Waals surface area contributed by atoms with E-state index in [-0.39, 0.29) is 184 Å². The molecule has 0 bridgehead atoms. The number of aliphatic carboxylic acids is 1. The first-order valence-corrected chi connectivity index (χ1v) is 29.0. The van der Waals surface area contributed by atoms with E-state index in [4.69, 9.17) is 84.9 Å². The fourth-order valence-corrected chi connectivity index (χ4v) is 5.48. The Kier molecular flexibility index (Phi) is 60.8. The summed E-state index contributed by atoms with van der Waals surface area (Å²) in [5.74, 6) is -3.88. The van der Waals surface area contributed by atoms with Crippen molar-refractivity contribution in [1.29, 1.82) is 2.56 Å². The van der Waals surface area contributed by atoms with Crippen molar-refractivity contribution < 1.29 is 140 Å². The van der Waals surface area contributed by atoms with E-state index < -0.39 is 28.7 Å². The van der Waals surface area contributed by atoms with Gasteiger partial charge in [0, 0.05) is 30.7 Å². The summed E-state index contributed by atoms with van der Waals surface area (Å²) in [7, 11) is 3.33. The largest absolute Gasteiger partial charge is 0.480 e. The van der Waals surface area contributed by atoms with Crippen molar-refractivity contribution in [1.82, 2.24) is 9.80 Å². The SMILES string of the molecule is CC(C)(C)OC(=O)COCCOCCN1C(=O)C=CC1=O.CC(C)(C)OC(=O)COCCOCCO.CC(C)(C)OC(=O)COCCOCCO.CCC(=O)OC(C)(C)C.O=C(O)COCCOCCN1C(=O)C=CC1=O.O=C1C=CC(=O)C1.OCCOCCO.[3H]P.[3H]P. The molecule has 0 aromatic rings. The summed E-state index contributed by atoms with van der Waals surface area (Å²) >= 11 is 0. The van der Waals surface area contributed by atoms with Crippen LogP contribution >= 0.6 is 19.7 Å². The van der Waals surface area contributed by atoms with E-state index in [0.717, 1.165) is 9.80 Å². The fraction of sp³-hybridized carbons (Fsp3) is 0.717. The highest BCUT2D eigenvalue weighted by Gasteiger charge is 2.24. The summed E-state index contributed by atoms with van der Waals surface area (Å²) in [6.45, 7) is 27.2. The molecule has 2 aliphatic heterocycles. The monoisotopic (exact) mass is 1390 g/mol. The van der Waals surface area contributed by atoms with Gasteiger partial charge in [-0.2, -0.15) is 19.7 Å². The maximum Gasteiger partial charge on any atom is 0.332 e. The van der Waals surface area contributed by atoms with Crippen LogP contribution in [-0.2, 0) is 114 Å². The third kappa shape index (κ3) is 73.8. The van der Waals surface area contributed by atoms with Crippen LogP contribution in [0.25, 0.3) is 0 Å². The molecule has 4 amide bonds. The highest BCUT2D eigenvalue weighted by molar-refractivity contribution is 6.92. The molecule has 0 spiro atoms.